The smallest absolute Gasteiger partial charge is 0.292 e. The summed E-state index contributed by atoms with van der Waals surface area (Å²) in [5.41, 5.74) is 5.02. The summed E-state index contributed by atoms with van der Waals surface area (Å²) >= 11 is 0. The molecule has 0 aliphatic carbocycles. The van der Waals surface area contributed by atoms with Crippen LogP contribution in [-0.2, 0) is 10.8 Å². The summed E-state index contributed by atoms with van der Waals surface area (Å²) in [5, 5.41) is 23.0. The van der Waals surface area contributed by atoms with Gasteiger partial charge in [-0.3, -0.25) is 20.2 Å². The van der Waals surface area contributed by atoms with E-state index in [1.807, 2.05) is 42.5 Å². The lowest BCUT2D eigenvalue weighted by Gasteiger charge is -2.34. The zero-order valence-corrected chi connectivity index (χ0v) is 28.5. The molecule has 248 valence electrons. The number of hydrogen-bond acceptors (Lipinski definition) is 7. The Bertz CT molecular complexity index is 1510. The van der Waals surface area contributed by atoms with Crippen LogP contribution in [0.2, 0.25) is 0 Å². The van der Waals surface area contributed by atoms with Gasteiger partial charge < -0.3 is 14.5 Å². The lowest BCUT2D eigenvalue weighted by molar-refractivity contribution is -0.384. The van der Waals surface area contributed by atoms with Crippen molar-refractivity contribution in [3.8, 4) is 5.75 Å². The number of nitro groups is 2. The quantitative estimate of drug-likeness (QED) is 0.198. The molecule has 0 saturated carbocycles. The van der Waals surface area contributed by atoms with Crippen LogP contribution in [-0.4, -0.2) is 43.1 Å². The van der Waals surface area contributed by atoms with Crippen molar-refractivity contribution in [3.63, 3.8) is 0 Å². The molecule has 3 aromatic carbocycles. The van der Waals surface area contributed by atoms with Gasteiger partial charge in [-0.25, -0.2) is 0 Å². The molecule has 2 heterocycles. The van der Waals surface area contributed by atoms with Crippen molar-refractivity contribution in [2.45, 2.75) is 90.4 Å². The minimum atomic E-state index is -0.253. The van der Waals surface area contributed by atoms with E-state index in [4.69, 9.17) is 4.74 Å². The standard InChI is InChI=1S/C22H28N2O3.C15H22N2O2/c1-22(2,3)17-9-10-19(20(15-17)24(25)26)23-13-11-16(12-14-23)18-7-5-6-8-21(18)27-4;1-15(2,3)12-7-8-13(14(11-12)17(18)19)16-9-5-4-6-10-16/h5-10,15-16H,11-14H2,1-4H3;7-8,11H,4-6,9-10H2,1-3H3. The SMILES string of the molecule is CC(C)(C)c1ccc(N2CCCCC2)c([N+](=O)[O-])c1.COc1ccccc1C1CCN(c2ccc(C(C)(C)C)cc2[N+](=O)[O-])CC1. The molecule has 9 nitrogen and oxygen atoms in total. The van der Waals surface area contributed by atoms with Gasteiger partial charge >= 0.3 is 0 Å². The van der Waals surface area contributed by atoms with Crippen LogP contribution in [0.15, 0.2) is 60.7 Å². The van der Waals surface area contributed by atoms with Crippen LogP contribution in [0.3, 0.4) is 0 Å². The Morgan fingerprint density at radius 2 is 1.13 bits per heavy atom. The van der Waals surface area contributed by atoms with E-state index in [1.54, 1.807) is 19.2 Å². The Balaban J connectivity index is 0.000000222. The maximum atomic E-state index is 11.7. The summed E-state index contributed by atoms with van der Waals surface area (Å²) in [5.74, 6) is 1.35. The lowest BCUT2D eigenvalue weighted by atomic mass is 9.86. The number of nitro benzene ring substituents is 2. The van der Waals surface area contributed by atoms with Crippen molar-refractivity contribution in [1.82, 2.24) is 0 Å². The molecule has 0 N–H and O–H groups in total. The highest BCUT2D eigenvalue weighted by molar-refractivity contribution is 5.66. The molecule has 0 bridgehead atoms. The third-order valence-electron chi connectivity index (χ3n) is 9.19. The molecule has 3 aromatic rings. The second-order valence-electron chi connectivity index (χ2n) is 14.5. The zero-order valence-electron chi connectivity index (χ0n) is 28.5. The van der Waals surface area contributed by atoms with Crippen LogP contribution < -0.4 is 14.5 Å². The molecule has 0 radical (unpaired) electrons. The van der Waals surface area contributed by atoms with Crippen LogP contribution in [0, 0.1) is 20.2 Å². The van der Waals surface area contributed by atoms with Gasteiger partial charge in [0.2, 0.25) is 0 Å². The summed E-state index contributed by atoms with van der Waals surface area (Å²) in [7, 11) is 1.70. The largest absolute Gasteiger partial charge is 0.496 e. The molecule has 0 amide bonds. The summed E-state index contributed by atoms with van der Waals surface area (Å²) < 4.78 is 5.50. The lowest BCUT2D eigenvalue weighted by Crippen LogP contribution is -2.33. The maximum Gasteiger partial charge on any atom is 0.292 e. The van der Waals surface area contributed by atoms with Gasteiger partial charge in [0.25, 0.3) is 11.4 Å². The Morgan fingerprint density at radius 3 is 1.57 bits per heavy atom. The van der Waals surface area contributed by atoms with Crippen LogP contribution in [0.1, 0.15) is 96.3 Å². The van der Waals surface area contributed by atoms with Crippen molar-refractivity contribution in [1.29, 1.82) is 0 Å². The van der Waals surface area contributed by atoms with Crippen molar-refractivity contribution >= 4 is 22.7 Å². The monoisotopic (exact) mass is 630 g/mol. The van der Waals surface area contributed by atoms with Gasteiger partial charge in [-0.2, -0.15) is 0 Å². The number of ether oxygens (including phenoxy) is 1. The van der Waals surface area contributed by atoms with Gasteiger partial charge in [0.15, 0.2) is 0 Å². The summed E-state index contributed by atoms with van der Waals surface area (Å²) in [6.07, 6.45) is 5.39. The van der Waals surface area contributed by atoms with E-state index in [9.17, 15) is 20.2 Å². The normalized spacial score (nSPS) is 16.0. The average molecular weight is 631 g/mol. The molecule has 0 spiro atoms. The first-order valence-electron chi connectivity index (χ1n) is 16.4. The zero-order chi connectivity index (χ0) is 33.6. The molecule has 0 atom stereocenters. The van der Waals surface area contributed by atoms with E-state index in [0.29, 0.717) is 5.92 Å². The van der Waals surface area contributed by atoms with Crippen molar-refractivity contribution in [3.05, 3.63) is 97.6 Å². The van der Waals surface area contributed by atoms with E-state index in [1.165, 1.54) is 12.0 Å². The fourth-order valence-corrected chi connectivity index (χ4v) is 6.38. The van der Waals surface area contributed by atoms with E-state index in [2.05, 4.69) is 57.4 Å². The topological polar surface area (TPSA) is 102 Å². The molecule has 2 saturated heterocycles. The van der Waals surface area contributed by atoms with Gasteiger partial charge in [0.1, 0.15) is 17.1 Å². The highest BCUT2D eigenvalue weighted by Crippen LogP contribution is 2.39. The Hall–Kier alpha value is -4.14. The summed E-state index contributed by atoms with van der Waals surface area (Å²) in [6.45, 7) is 15.9. The minimum absolute atomic E-state index is 0.0643. The second-order valence-corrected chi connectivity index (χ2v) is 14.5. The Morgan fingerprint density at radius 1 is 0.674 bits per heavy atom. The molecule has 0 unspecified atom stereocenters. The molecule has 9 heteroatoms. The van der Waals surface area contributed by atoms with Crippen LogP contribution >= 0.6 is 0 Å². The first-order chi connectivity index (χ1) is 21.7. The third kappa shape index (κ3) is 8.36. The summed E-state index contributed by atoms with van der Waals surface area (Å²) in [4.78, 5) is 26.8. The molecule has 5 rings (SSSR count). The Kier molecular flexibility index (Phi) is 11.0. The highest BCUT2D eigenvalue weighted by Gasteiger charge is 2.29. The number of rotatable bonds is 6. The molecule has 2 aliphatic heterocycles. The van der Waals surface area contributed by atoms with Crippen LogP contribution in [0.4, 0.5) is 22.7 Å². The minimum Gasteiger partial charge on any atom is -0.496 e. The molecule has 46 heavy (non-hydrogen) atoms. The molecule has 2 aliphatic rings. The van der Waals surface area contributed by atoms with Gasteiger partial charge in [0.05, 0.1) is 17.0 Å². The molecule has 2 fully saturated rings. The summed E-state index contributed by atoms with van der Waals surface area (Å²) in [6, 6.07) is 19.5. The van der Waals surface area contributed by atoms with Gasteiger partial charge in [-0.1, -0.05) is 71.9 Å². The molecular formula is C37H50N4O5. The predicted molar refractivity (Wildman–Crippen MR) is 187 cm³/mol. The number of para-hydroxylation sites is 1. The van der Waals surface area contributed by atoms with E-state index >= 15 is 0 Å². The van der Waals surface area contributed by atoms with Crippen LogP contribution in [0.5, 0.6) is 5.75 Å². The van der Waals surface area contributed by atoms with Crippen molar-refractivity contribution < 1.29 is 14.6 Å². The predicted octanol–water partition coefficient (Wildman–Crippen LogP) is 9.17. The number of nitrogens with zero attached hydrogens (tertiary/aromatic N) is 4. The van der Waals surface area contributed by atoms with E-state index < -0.39 is 0 Å². The second kappa shape index (κ2) is 14.5. The van der Waals surface area contributed by atoms with Crippen molar-refractivity contribution in [2.75, 3.05) is 43.1 Å². The number of benzene rings is 3. The number of anilines is 2. The first-order valence-corrected chi connectivity index (χ1v) is 16.4. The number of piperidine rings is 2. The van der Waals surface area contributed by atoms with Gasteiger partial charge in [-0.15, -0.1) is 0 Å². The fraction of sp³-hybridized carbons (Fsp3) is 0.514. The molecular weight excluding hydrogens is 580 g/mol. The number of methoxy groups -OCH3 is 1. The highest BCUT2D eigenvalue weighted by atomic mass is 16.6. The van der Waals surface area contributed by atoms with E-state index in [0.717, 1.165) is 80.1 Å². The fourth-order valence-electron chi connectivity index (χ4n) is 6.38. The van der Waals surface area contributed by atoms with E-state index in [-0.39, 0.29) is 32.1 Å². The Labute approximate surface area is 273 Å². The maximum absolute atomic E-state index is 11.7. The first kappa shape index (κ1) is 34.7. The van der Waals surface area contributed by atoms with Crippen LogP contribution in [0.25, 0.3) is 0 Å². The third-order valence-corrected chi connectivity index (χ3v) is 9.19. The average Bonchev–Trinajstić information content (AvgIpc) is 3.04. The molecule has 0 aromatic heterocycles. The van der Waals surface area contributed by atoms with Gasteiger partial charge in [0, 0.05) is 38.3 Å². The van der Waals surface area contributed by atoms with Crippen molar-refractivity contribution in [2.24, 2.45) is 0 Å². The van der Waals surface area contributed by atoms with Gasteiger partial charge in [-0.05, 0) is 83.7 Å². The number of hydrogen-bond donors (Lipinski definition) is 0.